The number of H-pyrrole nitrogens is 2. The molecule has 2 heterocycles. The van der Waals surface area contributed by atoms with Gasteiger partial charge < -0.3 is 20.6 Å². The number of hydrogen-bond donors (Lipinski definition) is 4. The minimum atomic E-state index is 0.730. The molecule has 0 radical (unpaired) electrons. The molecule has 4 rings (SSSR count). The molecule has 0 aliphatic heterocycles. The lowest BCUT2D eigenvalue weighted by Gasteiger charge is -2.05. The van der Waals surface area contributed by atoms with Gasteiger partial charge >= 0.3 is 0 Å². The van der Waals surface area contributed by atoms with Crippen LogP contribution < -0.4 is 10.6 Å². The van der Waals surface area contributed by atoms with E-state index < -0.39 is 0 Å². The summed E-state index contributed by atoms with van der Waals surface area (Å²) in [5.41, 5.74) is 4.10. The summed E-state index contributed by atoms with van der Waals surface area (Å²) in [7, 11) is 0. The molecule has 0 aliphatic rings. The van der Waals surface area contributed by atoms with Gasteiger partial charge in [0, 0.05) is 23.1 Å². The summed E-state index contributed by atoms with van der Waals surface area (Å²) in [6.07, 6.45) is 8.19. The van der Waals surface area contributed by atoms with E-state index in [1.165, 1.54) is 0 Å². The summed E-state index contributed by atoms with van der Waals surface area (Å²) in [4.78, 5) is 15.4. The van der Waals surface area contributed by atoms with Crippen LogP contribution in [0.2, 0.25) is 10.0 Å². The molecule has 0 amide bonds. The number of halogens is 2. The highest BCUT2D eigenvalue weighted by atomic mass is 35.5. The highest BCUT2D eigenvalue weighted by molar-refractivity contribution is 6.30. The normalized spacial score (nSPS) is 10.9. The van der Waals surface area contributed by atoms with Crippen LogP contribution in [0.4, 0.5) is 11.9 Å². The van der Waals surface area contributed by atoms with Crippen LogP contribution in [0.5, 0.6) is 0 Å². The lowest BCUT2D eigenvalue weighted by atomic mass is 10.2. The summed E-state index contributed by atoms with van der Waals surface area (Å²) in [5, 5.41) is 8.17. The summed E-state index contributed by atoms with van der Waals surface area (Å²) in [6.45, 7) is 1.78. The van der Waals surface area contributed by atoms with E-state index in [9.17, 15) is 0 Å². The standard InChI is InChI=1S/C24H26Cl2N6/c25-19-9-5-17(6-10-19)21-15-29-23(31-21)27-13-3-1-2-4-14-28-24-30-16-22(32-24)18-7-11-20(26)12-8-18/h5-12,15-16H,1-4,13-14H2,(H2,27,29,31)(H2,28,30,32). The van der Waals surface area contributed by atoms with Crippen molar-refractivity contribution >= 4 is 35.1 Å². The molecule has 166 valence electrons. The number of rotatable bonds is 11. The van der Waals surface area contributed by atoms with Crippen molar-refractivity contribution < 1.29 is 0 Å². The van der Waals surface area contributed by atoms with Gasteiger partial charge in [0.1, 0.15) is 0 Å². The molecule has 6 nitrogen and oxygen atoms in total. The lowest BCUT2D eigenvalue weighted by molar-refractivity contribution is 0.668. The first kappa shape index (κ1) is 22.2. The Morgan fingerprint density at radius 2 is 1.00 bits per heavy atom. The molecule has 0 unspecified atom stereocenters. The number of nitrogens with zero attached hydrogens (tertiary/aromatic N) is 2. The van der Waals surface area contributed by atoms with E-state index in [0.29, 0.717) is 0 Å². The molecule has 2 aromatic carbocycles. The van der Waals surface area contributed by atoms with Crippen molar-refractivity contribution in [2.24, 2.45) is 0 Å². The molecule has 0 aliphatic carbocycles. The third kappa shape index (κ3) is 6.28. The van der Waals surface area contributed by atoms with Crippen LogP contribution in [0.1, 0.15) is 25.7 Å². The molecule has 0 fully saturated rings. The highest BCUT2D eigenvalue weighted by Crippen LogP contribution is 2.22. The lowest BCUT2D eigenvalue weighted by Crippen LogP contribution is -2.05. The molecule has 2 aromatic heterocycles. The number of hydrogen-bond acceptors (Lipinski definition) is 4. The van der Waals surface area contributed by atoms with Crippen LogP contribution in [0.25, 0.3) is 22.5 Å². The van der Waals surface area contributed by atoms with Crippen molar-refractivity contribution in [3.8, 4) is 22.5 Å². The second kappa shape index (κ2) is 11.1. The molecule has 0 saturated heterocycles. The third-order valence-electron chi connectivity index (χ3n) is 5.15. The number of unbranched alkanes of at least 4 members (excludes halogenated alkanes) is 3. The van der Waals surface area contributed by atoms with E-state index in [4.69, 9.17) is 23.2 Å². The van der Waals surface area contributed by atoms with Crippen molar-refractivity contribution in [3.05, 3.63) is 71.0 Å². The Morgan fingerprint density at radius 1 is 0.594 bits per heavy atom. The highest BCUT2D eigenvalue weighted by Gasteiger charge is 2.04. The Kier molecular flexibility index (Phi) is 7.69. The summed E-state index contributed by atoms with van der Waals surface area (Å²) < 4.78 is 0. The van der Waals surface area contributed by atoms with Crippen LogP contribution in [0.3, 0.4) is 0 Å². The molecule has 0 bridgehead atoms. The first-order valence-corrected chi connectivity index (χ1v) is 11.5. The maximum atomic E-state index is 5.94. The number of anilines is 2. The molecule has 4 N–H and O–H groups in total. The van der Waals surface area contributed by atoms with Crippen molar-refractivity contribution in [1.82, 2.24) is 19.9 Å². The Balaban J connectivity index is 1.09. The van der Waals surface area contributed by atoms with Gasteiger partial charge in [-0.15, -0.1) is 0 Å². The van der Waals surface area contributed by atoms with E-state index in [1.54, 1.807) is 0 Å². The van der Waals surface area contributed by atoms with Crippen molar-refractivity contribution in [1.29, 1.82) is 0 Å². The van der Waals surface area contributed by atoms with E-state index in [0.717, 1.165) is 83.2 Å². The molecular formula is C24H26Cl2N6. The van der Waals surface area contributed by atoms with Gasteiger partial charge in [0.05, 0.1) is 23.8 Å². The average molecular weight is 469 g/mol. The monoisotopic (exact) mass is 468 g/mol. The SMILES string of the molecule is Clc1ccc(-c2cnc(NCCCCCCNc3ncc(-c4ccc(Cl)cc4)[nH]3)[nH]2)cc1. The van der Waals surface area contributed by atoms with Crippen LogP contribution in [-0.4, -0.2) is 33.0 Å². The van der Waals surface area contributed by atoms with E-state index in [1.807, 2.05) is 60.9 Å². The van der Waals surface area contributed by atoms with Crippen molar-refractivity contribution in [3.63, 3.8) is 0 Å². The second-order valence-corrected chi connectivity index (χ2v) is 8.45. The molecule has 0 saturated carbocycles. The average Bonchev–Trinajstić information content (AvgIpc) is 3.47. The van der Waals surface area contributed by atoms with Gasteiger partial charge in [-0.2, -0.15) is 0 Å². The summed E-state index contributed by atoms with van der Waals surface area (Å²) in [6, 6.07) is 15.4. The van der Waals surface area contributed by atoms with Gasteiger partial charge in [-0.05, 0) is 48.2 Å². The predicted octanol–water partition coefficient (Wildman–Crippen LogP) is 6.86. The number of nitrogens with one attached hydrogen (secondary N) is 4. The van der Waals surface area contributed by atoms with Gasteiger partial charge in [-0.3, -0.25) is 0 Å². The zero-order valence-electron chi connectivity index (χ0n) is 17.7. The molecule has 0 spiro atoms. The first-order valence-electron chi connectivity index (χ1n) is 10.8. The van der Waals surface area contributed by atoms with Crippen LogP contribution >= 0.6 is 23.2 Å². The zero-order chi connectivity index (χ0) is 22.2. The Hall–Kier alpha value is -2.96. The minimum Gasteiger partial charge on any atom is -0.356 e. The fourth-order valence-electron chi connectivity index (χ4n) is 3.39. The summed E-state index contributed by atoms with van der Waals surface area (Å²) >= 11 is 11.9. The fraction of sp³-hybridized carbons (Fsp3) is 0.250. The number of benzene rings is 2. The van der Waals surface area contributed by atoms with E-state index >= 15 is 0 Å². The molecule has 8 heteroatoms. The maximum absolute atomic E-state index is 5.94. The molecular weight excluding hydrogens is 443 g/mol. The van der Waals surface area contributed by atoms with Gasteiger partial charge in [0.25, 0.3) is 0 Å². The minimum absolute atomic E-state index is 0.730. The fourth-order valence-corrected chi connectivity index (χ4v) is 3.64. The largest absolute Gasteiger partial charge is 0.356 e. The summed E-state index contributed by atoms with van der Waals surface area (Å²) in [5.74, 6) is 1.59. The van der Waals surface area contributed by atoms with Crippen molar-refractivity contribution in [2.45, 2.75) is 25.7 Å². The Morgan fingerprint density at radius 3 is 1.41 bits per heavy atom. The van der Waals surface area contributed by atoms with Gasteiger partial charge in [0.2, 0.25) is 11.9 Å². The number of imidazole rings is 2. The topological polar surface area (TPSA) is 81.4 Å². The second-order valence-electron chi connectivity index (χ2n) is 7.57. The van der Waals surface area contributed by atoms with Crippen LogP contribution in [-0.2, 0) is 0 Å². The Bertz CT molecular complexity index is 1010. The third-order valence-corrected chi connectivity index (χ3v) is 5.65. The van der Waals surface area contributed by atoms with E-state index in [-0.39, 0.29) is 0 Å². The van der Waals surface area contributed by atoms with Crippen LogP contribution in [0.15, 0.2) is 60.9 Å². The number of aromatic nitrogens is 4. The van der Waals surface area contributed by atoms with Gasteiger partial charge in [0.15, 0.2) is 0 Å². The zero-order valence-corrected chi connectivity index (χ0v) is 19.2. The first-order chi connectivity index (χ1) is 15.7. The van der Waals surface area contributed by atoms with E-state index in [2.05, 4.69) is 30.6 Å². The molecule has 4 aromatic rings. The molecule has 0 atom stereocenters. The van der Waals surface area contributed by atoms with Crippen molar-refractivity contribution in [2.75, 3.05) is 23.7 Å². The number of aromatic amines is 2. The molecule has 32 heavy (non-hydrogen) atoms. The van der Waals surface area contributed by atoms with Gasteiger partial charge in [-0.25, -0.2) is 9.97 Å². The maximum Gasteiger partial charge on any atom is 0.200 e. The predicted molar refractivity (Wildman–Crippen MR) is 134 cm³/mol. The van der Waals surface area contributed by atoms with Gasteiger partial charge in [-0.1, -0.05) is 60.3 Å². The Labute approximate surface area is 197 Å². The smallest absolute Gasteiger partial charge is 0.200 e. The quantitative estimate of drug-likeness (QED) is 0.181. The van der Waals surface area contributed by atoms with Crippen LogP contribution in [0, 0.1) is 0 Å².